The number of rotatable bonds is 0. The molecule has 5 heteroatoms. The summed E-state index contributed by atoms with van der Waals surface area (Å²) in [4.78, 5) is 0. The summed E-state index contributed by atoms with van der Waals surface area (Å²) < 4.78 is 4.91. The molecule has 13 heavy (non-hydrogen) atoms. The number of nitrogens with zero attached hydrogens (tertiary/aromatic N) is 1. The first-order valence-corrected chi connectivity index (χ1v) is 3.78. The highest BCUT2D eigenvalue weighted by molar-refractivity contribution is 6.62. The molecule has 1 aromatic rings. The molecule has 0 atom stereocenters. The van der Waals surface area contributed by atoms with E-state index in [0.717, 1.165) is 5.56 Å². The van der Waals surface area contributed by atoms with Crippen LogP contribution in [0.4, 0.5) is 0 Å². The lowest BCUT2D eigenvalue weighted by atomic mass is 9.76. The smallest absolute Gasteiger partial charge is 0.493 e. The fourth-order valence-electron chi connectivity index (χ4n) is 1.43. The Bertz CT molecular complexity index is 399. The Labute approximate surface area is 75.1 Å². The van der Waals surface area contributed by atoms with Crippen LogP contribution in [0.1, 0.15) is 11.1 Å². The second-order valence-corrected chi connectivity index (χ2v) is 2.81. The molecule has 1 heterocycles. The molecule has 2 rings (SSSR count). The summed E-state index contributed by atoms with van der Waals surface area (Å²) in [5.74, 6) is -0.120. The van der Waals surface area contributed by atoms with Crippen molar-refractivity contribution in [1.82, 2.24) is 0 Å². The zero-order valence-electron chi connectivity index (χ0n) is 6.69. The third kappa shape index (κ3) is 1.08. The maximum absolute atomic E-state index is 9.33. The summed E-state index contributed by atoms with van der Waals surface area (Å²) in [7, 11) is -1.09. The molecule has 1 aromatic carbocycles. The molecule has 0 aliphatic carbocycles. The topological polar surface area (TPSA) is 73.5 Å². The lowest BCUT2D eigenvalue weighted by molar-refractivity contribution is 0.275. The molecule has 2 N–H and O–H groups in total. The number of benzene rings is 1. The van der Waals surface area contributed by atoms with Gasteiger partial charge >= 0.3 is 7.12 Å². The molecule has 1 aliphatic rings. The Balaban J connectivity index is 2.69. The SMILES string of the molecule is N#Cc1c(O)ccc2c1B(O)OC2. The first-order valence-electron chi connectivity index (χ1n) is 3.78. The minimum Gasteiger partial charge on any atom is -0.507 e. The average molecular weight is 175 g/mol. The lowest BCUT2D eigenvalue weighted by Gasteiger charge is -2.02. The highest BCUT2D eigenvalue weighted by Crippen LogP contribution is 2.20. The molecule has 0 saturated heterocycles. The third-order valence-corrected chi connectivity index (χ3v) is 2.07. The molecule has 0 bridgehead atoms. The van der Waals surface area contributed by atoms with Gasteiger partial charge < -0.3 is 14.8 Å². The molecule has 0 fully saturated rings. The van der Waals surface area contributed by atoms with Crippen molar-refractivity contribution in [2.75, 3.05) is 0 Å². The summed E-state index contributed by atoms with van der Waals surface area (Å²) in [5, 5.41) is 27.4. The van der Waals surface area contributed by atoms with Gasteiger partial charge in [0, 0.05) is 5.46 Å². The molecule has 64 valence electrons. The van der Waals surface area contributed by atoms with Gasteiger partial charge in [-0.2, -0.15) is 5.26 Å². The predicted octanol–water partition coefficient (Wildman–Crippen LogP) is -0.518. The fraction of sp³-hybridized carbons (Fsp3) is 0.125. The third-order valence-electron chi connectivity index (χ3n) is 2.07. The number of aromatic hydroxyl groups is 1. The number of phenolic OH excluding ortho intramolecular Hbond substituents is 1. The molecule has 0 spiro atoms. The van der Waals surface area contributed by atoms with E-state index in [9.17, 15) is 10.1 Å². The van der Waals surface area contributed by atoms with E-state index in [1.54, 1.807) is 6.07 Å². The predicted molar refractivity (Wildman–Crippen MR) is 45.2 cm³/mol. The number of fused-ring (bicyclic) bond motifs is 1. The van der Waals surface area contributed by atoms with Crippen LogP contribution >= 0.6 is 0 Å². The largest absolute Gasteiger partial charge is 0.507 e. The Morgan fingerprint density at radius 3 is 3.00 bits per heavy atom. The van der Waals surface area contributed by atoms with E-state index in [1.165, 1.54) is 6.07 Å². The first kappa shape index (κ1) is 8.11. The molecular formula is C8H6BNO3. The first-order chi connectivity index (χ1) is 6.24. The second kappa shape index (κ2) is 2.77. The molecule has 0 radical (unpaired) electrons. The summed E-state index contributed by atoms with van der Waals surface area (Å²) in [6.07, 6.45) is 0. The standard InChI is InChI=1S/C8H6BNO3/c10-3-6-7(11)2-1-5-4-13-9(12)8(5)6/h1-2,11-12H,4H2. The molecule has 1 aliphatic heterocycles. The van der Waals surface area contributed by atoms with Gasteiger partial charge in [-0.15, -0.1) is 0 Å². The van der Waals surface area contributed by atoms with Gasteiger partial charge in [0.15, 0.2) is 0 Å². The summed E-state index contributed by atoms with van der Waals surface area (Å²) in [6.45, 7) is 0.283. The van der Waals surface area contributed by atoms with E-state index in [-0.39, 0.29) is 17.9 Å². The zero-order chi connectivity index (χ0) is 9.42. The summed E-state index contributed by atoms with van der Waals surface area (Å²) in [5.41, 5.74) is 1.24. The van der Waals surface area contributed by atoms with Crippen molar-refractivity contribution >= 4 is 12.6 Å². The molecule has 0 saturated carbocycles. The minimum atomic E-state index is -1.09. The van der Waals surface area contributed by atoms with Crippen LogP contribution in [-0.4, -0.2) is 17.2 Å². The monoisotopic (exact) mass is 175 g/mol. The Morgan fingerprint density at radius 1 is 1.54 bits per heavy atom. The molecule has 0 amide bonds. The van der Waals surface area contributed by atoms with Crippen LogP contribution in [0.2, 0.25) is 0 Å². The van der Waals surface area contributed by atoms with Gasteiger partial charge in [-0.05, 0) is 11.6 Å². The normalized spacial score (nSPS) is 14.0. The van der Waals surface area contributed by atoms with Crippen molar-refractivity contribution in [2.24, 2.45) is 0 Å². The van der Waals surface area contributed by atoms with Crippen molar-refractivity contribution in [3.05, 3.63) is 23.3 Å². The van der Waals surface area contributed by atoms with Crippen LogP contribution < -0.4 is 5.46 Å². The number of hydrogen-bond donors (Lipinski definition) is 2. The maximum Gasteiger partial charge on any atom is 0.493 e. The Hall–Kier alpha value is -1.51. The lowest BCUT2D eigenvalue weighted by Crippen LogP contribution is -2.30. The van der Waals surface area contributed by atoms with Crippen LogP contribution in [0.5, 0.6) is 5.75 Å². The van der Waals surface area contributed by atoms with Gasteiger partial charge in [0.05, 0.1) is 12.2 Å². The van der Waals surface area contributed by atoms with Crippen LogP contribution in [0.15, 0.2) is 12.1 Å². The zero-order valence-corrected chi connectivity index (χ0v) is 6.69. The van der Waals surface area contributed by atoms with Crippen molar-refractivity contribution in [3.8, 4) is 11.8 Å². The minimum absolute atomic E-state index is 0.0995. The van der Waals surface area contributed by atoms with Crippen molar-refractivity contribution in [3.63, 3.8) is 0 Å². The van der Waals surface area contributed by atoms with Gasteiger partial charge in [-0.3, -0.25) is 0 Å². The maximum atomic E-state index is 9.33. The van der Waals surface area contributed by atoms with E-state index in [4.69, 9.17) is 9.92 Å². The van der Waals surface area contributed by atoms with Gasteiger partial charge in [0.1, 0.15) is 11.8 Å². The van der Waals surface area contributed by atoms with Crippen LogP contribution in [-0.2, 0) is 11.3 Å². The highest BCUT2D eigenvalue weighted by Gasteiger charge is 2.31. The number of nitriles is 1. The van der Waals surface area contributed by atoms with Crippen molar-refractivity contribution in [2.45, 2.75) is 6.61 Å². The van der Waals surface area contributed by atoms with Crippen LogP contribution in [0.3, 0.4) is 0 Å². The number of phenols is 1. The molecular weight excluding hydrogens is 169 g/mol. The van der Waals surface area contributed by atoms with Gasteiger partial charge in [0.25, 0.3) is 0 Å². The highest BCUT2D eigenvalue weighted by atomic mass is 16.5. The Kier molecular flexibility index (Phi) is 1.73. The quantitative estimate of drug-likeness (QED) is 0.520. The van der Waals surface area contributed by atoms with E-state index in [2.05, 4.69) is 0 Å². The second-order valence-electron chi connectivity index (χ2n) is 2.81. The average Bonchev–Trinajstić information content (AvgIpc) is 2.49. The van der Waals surface area contributed by atoms with Gasteiger partial charge in [-0.1, -0.05) is 6.07 Å². The van der Waals surface area contributed by atoms with E-state index >= 15 is 0 Å². The van der Waals surface area contributed by atoms with Crippen molar-refractivity contribution < 1.29 is 14.8 Å². The molecule has 0 unspecified atom stereocenters. The summed E-state index contributed by atoms with van der Waals surface area (Å²) in [6, 6.07) is 4.91. The number of hydrogen-bond acceptors (Lipinski definition) is 4. The summed E-state index contributed by atoms with van der Waals surface area (Å²) >= 11 is 0. The molecule has 0 aromatic heterocycles. The molecule has 4 nitrogen and oxygen atoms in total. The Morgan fingerprint density at radius 2 is 2.31 bits per heavy atom. The van der Waals surface area contributed by atoms with E-state index < -0.39 is 7.12 Å². The fourth-order valence-corrected chi connectivity index (χ4v) is 1.43. The van der Waals surface area contributed by atoms with Crippen LogP contribution in [0, 0.1) is 11.3 Å². The van der Waals surface area contributed by atoms with E-state index in [0.29, 0.717) is 5.46 Å². The van der Waals surface area contributed by atoms with E-state index in [1.807, 2.05) is 6.07 Å². The van der Waals surface area contributed by atoms with Crippen molar-refractivity contribution in [1.29, 1.82) is 5.26 Å². The van der Waals surface area contributed by atoms with Gasteiger partial charge in [0.2, 0.25) is 0 Å². The van der Waals surface area contributed by atoms with Gasteiger partial charge in [-0.25, -0.2) is 0 Å². The van der Waals surface area contributed by atoms with Crippen LogP contribution in [0.25, 0.3) is 0 Å².